The average Bonchev–Trinajstić information content (AvgIpc) is 1.91. The Morgan fingerprint density at radius 3 is 2.50 bits per heavy atom. The van der Waals surface area contributed by atoms with Crippen LogP contribution in [0.25, 0.3) is 0 Å². The monoisotopic (exact) mass is 141 g/mol. The zero-order chi connectivity index (χ0) is 7.98. The molecule has 0 aromatic carbocycles. The smallest absolute Gasteiger partial charge is 0.00112 e. The Morgan fingerprint density at radius 1 is 1.60 bits per heavy atom. The molecule has 0 rings (SSSR count). The molecule has 0 aromatic heterocycles. The molecule has 1 nitrogen and oxygen atoms in total. The van der Waals surface area contributed by atoms with Crippen LogP contribution in [0.4, 0.5) is 0 Å². The molecule has 1 heteroatoms. The quantitative estimate of drug-likeness (QED) is 0.592. The third kappa shape index (κ3) is 3.02. The summed E-state index contributed by atoms with van der Waals surface area (Å²) in [5, 5.41) is 3.18. The van der Waals surface area contributed by atoms with Crippen molar-refractivity contribution in [1.82, 2.24) is 5.32 Å². The van der Waals surface area contributed by atoms with Crippen molar-refractivity contribution in [3.8, 4) is 0 Å². The van der Waals surface area contributed by atoms with E-state index in [0.717, 1.165) is 6.54 Å². The lowest BCUT2D eigenvalue weighted by Crippen LogP contribution is -2.17. The van der Waals surface area contributed by atoms with E-state index in [9.17, 15) is 0 Å². The lowest BCUT2D eigenvalue weighted by atomic mass is 9.99. The summed E-state index contributed by atoms with van der Waals surface area (Å²) in [6, 6.07) is 0. The largest absolute Gasteiger partial charge is 0.319 e. The van der Waals surface area contributed by atoms with Gasteiger partial charge in [0, 0.05) is 6.54 Å². The van der Waals surface area contributed by atoms with E-state index in [1.54, 1.807) is 5.57 Å². The van der Waals surface area contributed by atoms with E-state index < -0.39 is 0 Å². The maximum absolute atomic E-state index is 3.18. The maximum atomic E-state index is 3.18. The lowest BCUT2D eigenvalue weighted by Gasteiger charge is -2.12. The van der Waals surface area contributed by atoms with Gasteiger partial charge in [-0.1, -0.05) is 25.5 Å². The van der Waals surface area contributed by atoms with Crippen molar-refractivity contribution in [1.29, 1.82) is 0 Å². The fourth-order valence-electron chi connectivity index (χ4n) is 1.27. The molecule has 0 amide bonds. The minimum atomic E-state index is 0.694. The van der Waals surface area contributed by atoms with Gasteiger partial charge in [-0.2, -0.15) is 0 Å². The minimum Gasteiger partial charge on any atom is -0.319 e. The molecule has 0 aliphatic carbocycles. The molecule has 0 fully saturated rings. The van der Waals surface area contributed by atoms with Crippen molar-refractivity contribution in [3.63, 3.8) is 0 Å². The van der Waals surface area contributed by atoms with E-state index in [-0.39, 0.29) is 0 Å². The average molecular weight is 141 g/mol. The molecular weight excluding hydrogens is 122 g/mol. The third-order valence-electron chi connectivity index (χ3n) is 1.92. The van der Waals surface area contributed by atoms with Crippen LogP contribution in [0.5, 0.6) is 0 Å². The summed E-state index contributed by atoms with van der Waals surface area (Å²) in [5.74, 6) is 0.694. The van der Waals surface area contributed by atoms with Crippen LogP contribution in [-0.2, 0) is 0 Å². The van der Waals surface area contributed by atoms with Gasteiger partial charge in [-0.25, -0.2) is 0 Å². The van der Waals surface area contributed by atoms with Gasteiger partial charge in [-0.05, 0) is 26.3 Å². The van der Waals surface area contributed by atoms with Gasteiger partial charge < -0.3 is 5.32 Å². The topological polar surface area (TPSA) is 12.0 Å². The zero-order valence-corrected chi connectivity index (χ0v) is 7.57. The normalized spacial score (nSPS) is 15.4. The Morgan fingerprint density at radius 2 is 2.20 bits per heavy atom. The van der Waals surface area contributed by atoms with Crippen molar-refractivity contribution < 1.29 is 0 Å². The maximum Gasteiger partial charge on any atom is 0.00112 e. The van der Waals surface area contributed by atoms with Crippen molar-refractivity contribution >= 4 is 0 Å². The summed E-state index contributed by atoms with van der Waals surface area (Å²) in [7, 11) is 2.00. The highest BCUT2D eigenvalue weighted by atomic mass is 14.8. The first-order valence-electron chi connectivity index (χ1n) is 4.05. The van der Waals surface area contributed by atoms with E-state index >= 15 is 0 Å². The SMILES string of the molecule is C/C=C(/CC)C(C)CNC. The fourth-order valence-corrected chi connectivity index (χ4v) is 1.27. The van der Waals surface area contributed by atoms with Crippen LogP contribution in [-0.4, -0.2) is 13.6 Å². The molecule has 0 saturated heterocycles. The van der Waals surface area contributed by atoms with E-state index in [4.69, 9.17) is 0 Å². The van der Waals surface area contributed by atoms with Gasteiger partial charge >= 0.3 is 0 Å². The summed E-state index contributed by atoms with van der Waals surface area (Å²) in [6.45, 7) is 7.68. The molecule has 0 heterocycles. The Kier molecular flexibility index (Phi) is 5.32. The molecule has 1 atom stereocenters. The first-order valence-corrected chi connectivity index (χ1v) is 4.05. The summed E-state index contributed by atoms with van der Waals surface area (Å²) in [6.07, 6.45) is 3.40. The molecule has 0 spiro atoms. The van der Waals surface area contributed by atoms with E-state index in [2.05, 4.69) is 32.2 Å². The van der Waals surface area contributed by atoms with E-state index in [1.165, 1.54) is 6.42 Å². The second-order valence-electron chi connectivity index (χ2n) is 2.68. The Hall–Kier alpha value is -0.300. The molecule has 0 aliphatic heterocycles. The van der Waals surface area contributed by atoms with Crippen LogP contribution in [0.15, 0.2) is 11.6 Å². The minimum absolute atomic E-state index is 0.694. The molecule has 0 aliphatic rings. The number of hydrogen-bond acceptors (Lipinski definition) is 1. The van der Waals surface area contributed by atoms with E-state index in [0.29, 0.717) is 5.92 Å². The van der Waals surface area contributed by atoms with Gasteiger partial charge in [-0.3, -0.25) is 0 Å². The van der Waals surface area contributed by atoms with Gasteiger partial charge in [0.05, 0.1) is 0 Å². The lowest BCUT2D eigenvalue weighted by molar-refractivity contribution is 0.602. The molecule has 0 radical (unpaired) electrons. The highest BCUT2D eigenvalue weighted by molar-refractivity contribution is 5.03. The van der Waals surface area contributed by atoms with Gasteiger partial charge in [0.2, 0.25) is 0 Å². The Labute approximate surface area is 64.5 Å². The van der Waals surface area contributed by atoms with Crippen molar-refractivity contribution in [2.45, 2.75) is 27.2 Å². The van der Waals surface area contributed by atoms with Gasteiger partial charge in [0.25, 0.3) is 0 Å². The second kappa shape index (κ2) is 5.48. The number of rotatable bonds is 4. The van der Waals surface area contributed by atoms with Crippen molar-refractivity contribution in [2.75, 3.05) is 13.6 Å². The second-order valence-corrected chi connectivity index (χ2v) is 2.68. The molecular formula is C9H19N. The van der Waals surface area contributed by atoms with Crippen LogP contribution in [0, 0.1) is 5.92 Å². The molecule has 1 unspecified atom stereocenters. The van der Waals surface area contributed by atoms with Crippen LogP contribution >= 0.6 is 0 Å². The van der Waals surface area contributed by atoms with Gasteiger partial charge in [0.1, 0.15) is 0 Å². The third-order valence-corrected chi connectivity index (χ3v) is 1.92. The van der Waals surface area contributed by atoms with Crippen LogP contribution in [0.1, 0.15) is 27.2 Å². The predicted octanol–water partition coefficient (Wildman–Crippen LogP) is 2.20. The Bertz CT molecular complexity index is 105. The van der Waals surface area contributed by atoms with Crippen molar-refractivity contribution in [3.05, 3.63) is 11.6 Å². The number of nitrogens with one attached hydrogen (secondary N) is 1. The number of allylic oxidation sites excluding steroid dienone is 1. The molecule has 0 aromatic rings. The van der Waals surface area contributed by atoms with Crippen LogP contribution in [0.2, 0.25) is 0 Å². The van der Waals surface area contributed by atoms with Crippen LogP contribution in [0.3, 0.4) is 0 Å². The van der Waals surface area contributed by atoms with E-state index in [1.807, 2.05) is 7.05 Å². The van der Waals surface area contributed by atoms with Crippen molar-refractivity contribution in [2.24, 2.45) is 5.92 Å². The summed E-state index contributed by atoms with van der Waals surface area (Å²) < 4.78 is 0. The molecule has 0 bridgehead atoms. The first kappa shape index (κ1) is 9.70. The highest BCUT2D eigenvalue weighted by Gasteiger charge is 2.02. The molecule has 60 valence electrons. The molecule has 1 N–H and O–H groups in total. The van der Waals surface area contributed by atoms with Gasteiger partial charge in [-0.15, -0.1) is 0 Å². The summed E-state index contributed by atoms with van der Waals surface area (Å²) in [4.78, 5) is 0. The summed E-state index contributed by atoms with van der Waals surface area (Å²) >= 11 is 0. The summed E-state index contributed by atoms with van der Waals surface area (Å²) in [5.41, 5.74) is 1.55. The fraction of sp³-hybridized carbons (Fsp3) is 0.778. The molecule has 0 saturated carbocycles. The molecule has 10 heavy (non-hydrogen) atoms. The highest BCUT2D eigenvalue weighted by Crippen LogP contribution is 2.12. The number of hydrogen-bond donors (Lipinski definition) is 1. The standard InChI is InChI=1S/C9H19N/c1-5-9(6-2)8(3)7-10-4/h5,8,10H,6-7H2,1-4H3/b9-5-. The van der Waals surface area contributed by atoms with Crippen LogP contribution < -0.4 is 5.32 Å². The first-order chi connectivity index (χ1) is 4.76. The zero-order valence-electron chi connectivity index (χ0n) is 7.57. The van der Waals surface area contributed by atoms with Gasteiger partial charge in [0.15, 0.2) is 0 Å². The Balaban J connectivity index is 3.77. The predicted molar refractivity (Wildman–Crippen MR) is 47.1 cm³/mol.